The lowest BCUT2D eigenvalue weighted by atomic mass is 10.7. The largest absolute Gasteiger partial charge is 0.342 e. The summed E-state index contributed by atoms with van der Waals surface area (Å²) in [5, 5.41) is 2.43. The lowest BCUT2D eigenvalue weighted by Gasteiger charge is -1.86. The van der Waals surface area contributed by atoms with E-state index in [-0.39, 0.29) is 5.91 Å². The van der Waals surface area contributed by atoms with Gasteiger partial charge in [-0.1, -0.05) is 22.6 Å². The average Bonchev–Trinajstić information content (AvgIpc) is 1.35. The van der Waals surface area contributed by atoms with E-state index in [2.05, 4.69) is 5.32 Å². The summed E-state index contributed by atoms with van der Waals surface area (Å²) in [5.41, 5.74) is 0. The zero-order chi connectivity index (χ0) is 4.99. The Labute approximate surface area is 50.4 Å². The first-order valence-electron chi connectivity index (χ1n) is 1.46. The molecule has 2 nitrogen and oxygen atoms in total. The van der Waals surface area contributed by atoms with Crippen molar-refractivity contribution in [3.05, 3.63) is 4.55 Å². The number of carbonyl (C=O) groups is 1. The quantitative estimate of drug-likeness (QED) is 0.487. The third-order valence-electron chi connectivity index (χ3n) is 0.258. The molecule has 1 amide bonds. The van der Waals surface area contributed by atoms with Crippen molar-refractivity contribution in [1.82, 2.24) is 5.32 Å². The molecule has 0 aliphatic heterocycles. The van der Waals surface area contributed by atoms with Crippen molar-refractivity contribution >= 4 is 28.5 Å². The molecule has 0 atom stereocenters. The van der Waals surface area contributed by atoms with Crippen molar-refractivity contribution in [1.29, 1.82) is 0 Å². The smallest absolute Gasteiger partial charge is 0.217 e. The van der Waals surface area contributed by atoms with Gasteiger partial charge in [-0.05, 0) is 0 Å². The highest BCUT2D eigenvalue weighted by Crippen LogP contribution is 1.79. The van der Waals surface area contributed by atoms with Gasteiger partial charge in [-0.3, -0.25) is 4.79 Å². The van der Waals surface area contributed by atoms with E-state index in [1.165, 1.54) is 6.92 Å². The van der Waals surface area contributed by atoms with E-state index in [0.717, 1.165) is 0 Å². The summed E-state index contributed by atoms with van der Waals surface area (Å²) in [6.07, 6.45) is 0. The molecular formula is C3H5INO. The molecule has 6 heavy (non-hydrogen) atoms. The molecule has 35 valence electrons. The molecule has 0 fully saturated rings. The highest BCUT2D eigenvalue weighted by Gasteiger charge is 1.80. The Morgan fingerprint density at radius 2 is 2.50 bits per heavy atom. The van der Waals surface area contributed by atoms with Gasteiger partial charge in [0.15, 0.2) is 0 Å². The average molecular weight is 198 g/mol. The Hall–Kier alpha value is 0.200. The molecule has 0 unspecified atom stereocenters. The molecule has 0 saturated carbocycles. The predicted molar refractivity (Wildman–Crippen MR) is 32.1 cm³/mol. The Morgan fingerprint density at radius 3 is 2.50 bits per heavy atom. The normalized spacial score (nSPS) is 7.67. The fourth-order valence-corrected chi connectivity index (χ4v) is 0.515. The summed E-state index contributed by atoms with van der Waals surface area (Å²) in [6, 6.07) is 0. The predicted octanol–water partition coefficient (Wildman–Crippen LogP) is 0.677. The maximum absolute atomic E-state index is 9.90. The third-order valence-corrected chi connectivity index (χ3v) is 0.569. The van der Waals surface area contributed by atoms with Crippen molar-refractivity contribution in [2.24, 2.45) is 0 Å². The zero-order valence-corrected chi connectivity index (χ0v) is 5.52. The van der Waals surface area contributed by atoms with Crippen LogP contribution in [0.15, 0.2) is 0 Å². The van der Waals surface area contributed by atoms with Gasteiger partial charge in [0.05, 0.1) is 0 Å². The first-order valence-corrected chi connectivity index (χ1v) is 2.71. The Kier molecular flexibility index (Phi) is 3.51. The van der Waals surface area contributed by atoms with Crippen LogP contribution < -0.4 is 5.32 Å². The summed E-state index contributed by atoms with van der Waals surface area (Å²) in [7, 11) is 0. The molecule has 0 aromatic rings. The van der Waals surface area contributed by atoms with Crippen molar-refractivity contribution in [2.45, 2.75) is 6.92 Å². The summed E-state index contributed by atoms with van der Waals surface area (Å²) in [6.45, 7) is 1.47. The first-order chi connectivity index (χ1) is 2.77. The molecule has 1 N–H and O–H groups in total. The molecule has 0 aromatic heterocycles. The SMILES string of the molecule is CC(=O)N[CH]I. The topological polar surface area (TPSA) is 29.1 Å². The number of halogens is 1. The van der Waals surface area contributed by atoms with Gasteiger partial charge in [0.25, 0.3) is 0 Å². The van der Waals surface area contributed by atoms with Gasteiger partial charge >= 0.3 is 0 Å². The fourth-order valence-electron chi connectivity index (χ4n) is 0.0768. The summed E-state index contributed by atoms with van der Waals surface area (Å²) in [4.78, 5) is 9.90. The number of hydrogen-bond donors (Lipinski definition) is 1. The minimum absolute atomic E-state index is 0.0237. The fraction of sp³-hybridized carbons (Fsp3) is 0.333. The molecule has 0 aromatic carbocycles. The van der Waals surface area contributed by atoms with Crippen LogP contribution in [0.2, 0.25) is 0 Å². The second kappa shape index (κ2) is 3.39. The highest BCUT2D eigenvalue weighted by atomic mass is 127. The molecule has 0 bridgehead atoms. The van der Waals surface area contributed by atoms with E-state index >= 15 is 0 Å². The number of hydrogen-bond acceptors (Lipinski definition) is 1. The van der Waals surface area contributed by atoms with Gasteiger partial charge in [0.2, 0.25) is 5.91 Å². The maximum atomic E-state index is 9.90. The molecule has 3 heteroatoms. The highest BCUT2D eigenvalue weighted by molar-refractivity contribution is 14.1. The van der Waals surface area contributed by atoms with Crippen LogP contribution in [-0.2, 0) is 4.79 Å². The van der Waals surface area contributed by atoms with Crippen molar-refractivity contribution in [2.75, 3.05) is 0 Å². The number of amides is 1. The molecule has 0 aliphatic rings. The van der Waals surface area contributed by atoms with Crippen molar-refractivity contribution < 1.29 is 4.79 Å². The van der Waals surface area contributed by atoms with Crippen LogP contribution >= 0.6 is 22.6 Å². The number of rotatable bonds is 1. The monoisotopic (exact) mass is 198 g/mol. The summed E-state index contributed by atoms with van der Waals surface area (Å²) in [5.74, 6) is -0.0237. The zero-order valence-electron chi connectivity index (χ0n) is 3.36. The molecule has 0 spiro atoms. The van der Waals surface area contributed by atoms with Gasteiger partial charge in [-0.2, -0.15) is 0 Å². The van der Waals surface area contributed by atoms with Gasteiger partial charge in [-0.25, -0.2) is 0 Å². The molecule has 0 rings (SSSR count). The van der Waals surface area contributed by atoms with E-state index in [0.29, 0.717) is 0 Å². The van der Waals surface area contributed by atoms with Crippen LogP contribution in [0.1, 0.15) is 6.92 Å². The Morgan fingerprint density at radius 1 is 2.00 bits per heavy atom. The van der Waals surface area contributed by atoms with Crippen LogP contribution in [0.25, 0.3) is 0 Å². The van der Waals surface area contributed by atoms with E-state index in [9.17, 15) is 4.79 Å². The van der Waals surface area contributed by atoms with Crippen LogP contribution in [0.4, 0.5) is 0 Å². The third kappa shape index (κ3) is 4.20. The molecule has 1 radical (unpaired) electrons. The van der Waals surface area contributed by atoms with Crippen molar-refractivity contribution in [3.63, 3.8) is 0 Å². The van der Waals surface area contributed by atoms with Crippen LogP contribution in [0.5, 0.6) is 0 Å². The van der Waals surface area contributed by atoms with E-state index in [4.69, 9.17) is 0 Å². The lowest BCUT2D eigenvalue weighted by molar-refractivity contribution is -0.118. The van der Waals surface area contributed by atoms with E-state index in [1.54, 1.807) is 4.55 Å². The van der Waals surface area contributed by atoms with Gasteiger partial charge in [0.1, 0.15) is 4.55 Å². The Balaban J connectivity index is 2.83. The minimum atomic E-state index is -0.0237. The van der Waals surface area contributed by atoms with Crippen LogP contribution in [0.3, 0.4) is 0 Å². The minimum Gasteiger partial charge on any atom is -0.342 e. The standard InChI is InChI=1S/C3H5INO/c1-3(6)5-2-4/h2H,1H3,(H,5,6). The molecule has 0 heterocycles. The second-order valence-electron chi connectivity index (χ2n) is 0.810. The van der Waals surface area contributed by atoms with Crippen LogP contribution in [-0.4, -0.2) is 5.91 Å². The van der Waals surface area contributed by atoms with E-state index < -0.39 is 0 Å². The Bertz CT molecular complexity index is 54.8. The number of carbonyl (C=O) groups excluding carboxylic acids is 1. The number of nitrogens with one attached hydrogen (secondary N) is 1. The molecular weight excluding hydrogens is 193 g/mol. The van der Waals surface area contributed by atoms with E-state index in [1.807, 2.05) is 22.6 Å². The second-order valence-corrected chi connectivity index (χ2v) is 1.43. The first kappa shape index (κ1) is 6.20. The summed E-state index contributed by atoms with van der Waals surface area (Å²) < 4.78 is 1.57. The van der Waals surface area contributed by atoms with Gasteiger partial charge < -0.3 is 5.32 Å². The van der Waals surface area contributed by atoms with Crippen LogP contribution in [0, 0.1) is 4.55 Å². The molecule has 0 saturated heterocycles. The summed E-state index contributed by atoms with van der Waals surface area (Å²) >= 11 is 1.95. The van der Waals surface area contributed by atoms with Gasteiger partial charge in [-0.15, -0.1) is 0 Å². The van der Waals surface area contributed by atoms with Crippen molar-refractivity contribution in [3.8, 4) is 0 Å². The lowest BCUT2D eigenvalue weighted by Crippen LogP contribution is -2.12. The van der Waals surface area contributed by atoms with Gasteiger partial charge in [0, 0.05) is 6.92 Å². The molecule has 0 aliphatic carbocycles. The maximum Gasteiger partial charge on any atom is 0.217 e.